The largest absolute Gasteiger partial charge is 0.348 e. The molecule has 1 amide bonds. The van der Waals surface area contributed by atoms with Gasteiger partial charge in [-0.25, -0.2) is 17.1 Å². The van der Waals surface area contributed by atoms with Gasteiger partial charge in [0.1, 0.15) is 5.82 Å². The van der Waals surface area contributed by atoms with Gasteiger partial charge in [-0.05, 0) is 48.2 Å². The Hall–Kier alpha value is -2.25. The number of nitrogens with zero attached hydrogens (tertiary/aromatic N) is 1. The van der Waals surface area contributed by atoms with Crippen molar-refractivity contribution in [3.63, 3.8) is 0 Å². The number of halogens is 1. The zero-order valence-electron chi connectivity index (χ0n) is 15.0. The second kappa shape index (κ2) is 8.63. The Balaban J connectivity index is 1.58. The number of carbonyl (C=O) groups excluding carboxylic acids is 1. The van der Waals surface area contributed by atoms with Gasteiger partial charge in [0.25, 0.3) is 5.91 Å². The molecule has 0 spiro atoms. The van der Waals surface area contributed by atoms with E-state index in [1.807, 2.05) is 0 Å². The molecule has 3 rings (SSSR count). The highest BCUT2D eigenvalue weighted by Crippen LogP contribution is 2.17. The highest BCUT2D eigenvalue weighted by atomic mass is 32.2. The van der Waals surface area contributed by atoms with Crippen LogP contribution in [0.15, 0.2) is 48.5 Å². The molecular formula is C20H23FN2O3S. The Morgan fingerprint density at radius 1 is 1.00 bits per heavy atom. The maximum Gasteiger partial charge on any atom is 0.251 e. The summed E-state index contributed by atoms with van der Waals surface area (Å²) in [5.74, 6) is -0.691. The molecule has 2 aromatic rings. The van der Waals surface area contributed by atoms with Crippen molar-refractivity contribution < 1.29 is 17.6 Å². The number of benzene rings is 2. The Morgan fingerprint density at radius 2 is 1.70 bits per heavy atom. The minimum Gasteiger partial charge on any atom is -0.348 e. The fraction of sp³-hybridized carbons (Fsp3) is 0.350. The van der Waals surface area contributed by atoms with E-state index in [0.717, 1.165) is 19.3 Å². The molecule has 1 saturated heterocycles. The number of nitrogens with one attached hydrogen (secondary N) is 1. The van der Waals surface area contributed by atoms with Crippen LogP contribution in [0.4, 0.5) is 4.39 Å². The standard InChI is InChI=1S/C20H23FN2O3S/c21-19-6-4-5-17(13-19)14-22-20(24)18-9-7-16(8-10-18)15-27(25,26)23-11-2-1-3-12-23/h4-10,13H,1-3,11-12,14-15H2,(H,22,24). The van der Waals surface area contributed by atoms with Gasteiger partial charge in [0.2, 0.25) is 10.0 Å². The average Bonchev–Trinajstić information content (AvgIpc) is 2.67. The smallest absolute Gasteiger partial charge is 0.251 e. The molecule has 0 atom stereocenters. The van der Waals surface area contributed by atoms with E-state index in [1.165, 1.54) is 12.1 Å². The van der Waals surface area contributed by atoms with Gasteiger partial charge >= 0.3 is 0 Å². The summed E-state index contributed by atoms with van der Waals surface area (Å²) in [6, 6.07) is 12.6. The summed E-state index contributed by atoms with van der Waals surface area (Å²) in [7, 11) is -3.32. The van der Waals surface area contributed by atoms with Gasteiger partial charge in [0, 0.05) is 25.2 Å². The van der Waals surface area contributed by atoms with Crippen LogP contribution in [0.25, 0.3) is 0 Å². The molecule has 0 aliphatic carbocycles. The Kier molecular flexibility index (Phi) is 6.23. The summed E-state index contributed by atoms with van der Waals surface area (Å²) in [6.45, 7) is 1.40. The van der Waals surface area contributed by atoms with Crippen molar-refractivity contribution in [1.82, 2.24) is 9.62 Å². The summed E-state index contributed by atoms with van der Waals surface area (Å²) in [6.07, 6.45) is 2.89. The molecule has 1 aliphatic rings. The molecule has 144 valence electrons. The monoisotopic (exact) mass is 390 g/mol. The van der Waals surface area contributed by atoms with Crippen molar-refractivity contribution in [3.05, 3.63) is 71.0 Å². The van der Waals surface area contributed by atoms with Crippen LogP contribution in [0.3, 0.4) is 0 Å². The molecule has 0 saturated carbocycles. The maximum absolute atomic E-state index is 13.2. The van der Waals surface area contributed by atoms with Crippen LogP contribution in [0.1, 0.15) is 40.7 Å². The number of sulfonamides is 1. The predicted molar refractivity (Wildman–Crippen MR) is 102 cm³/mol. The number of amides is 1. The lowest BCUT2D eigenvalue weighted by Crippen LogP contribution is -2.36. The van der Waals surface area contributed by atoms with Gasteiger partial charge in [-0.3, -0.25) is 4.79 Å². The van der Waals surface area contributed by atoms with Gasteiger partial charge in [0.15, 0.2) is 0 Å². The molecule has 2 aromatic carbocycles. The highest BCUT2D eigenvalue weighted by molar-refractivity contribution is 7.88. The van der Waals surface area contributed by atoms with Crippen molar-refractivity contribution in [2.75, 3.05) is 13.1 Å². The SMILES string of the molecule is O=C(NCc1cccc(F)c1)c1ccc(CS(=O)(=O)N2CCCCC2)cc1. The number of hydrogen-bond acceptors (Lipinski definition) is 3. The molecule has 1 N–H and O–H groups in total. The molecule has 7 heteroatoms. The quantitative estimate of drug-likeness (QED) is 0.824. The summed E-state index contributed by atoms with van der Waals surface area (Å²) in [5.41, 5.74) is 1.76. The van der Waals surface area contributed by atoms with Crippen LogP contribution in [-0.2, 0) is 22.3 Å². The van der Waals surface area contributed by atoms with Crippen molar-refractivity contribution in [3.8, 4) is 0 Å². The van der Waals surface area contributed by atoms with Gasteiger partial charge in [0.05, 0.1) is 5.75 Å². The zero-order chi connectivity index (χ0) is 19.3. The molecule has 0 radical (unpaired) electrons. The van der Waals surface area contributed by atoms with Gasteiger partial charge < -0.3 is 5.32 Å². The third-order valence-corrected chi connectivity index (χ3v) is 6.47. The van der Waals surface area contributed by atoms with Gasteiger partial charge in [-0.2, -0.15) is 0 Å². The van der Waals surface area contributed by atoms with Gasteiger partial charge in [-0.1, -0.05) is 30.7 Å². The van der Waals surface area contributed by atoms with Crippen LogP contribution in [-0.4, -0.2) is 31.7 Å². The molecule has 1 heterocycles. The van der Waals surface area contributed by atoms with Crippen LogP contribution >= 0.6 is 0 Å². The first-order valence-corrected chi connectivity index (χ1v) is 10.6. The van der Waals surface area contributed by atoms with Gasteiger partial charge in [-0.15, -0.1) is 0 Å². The third-order valence-electron chi connectivity index (χ3n) is 4.62. The molecule has 0 bridgehead atoms. The topological polar surface area (TPSA) is 66.5 Å². The minimum absolute atomic E-state index is 0.0573. The molecule has 0 unspecified atom stereocenters. The lowest BCUT2D eigenvalue weighted by Gasteiger charge is -2.25. The van der Waals surface area contributed by atoms with E-state index < -0.39 is 10.0 Å². The van der Waals surface area contributed by atoms with Crippen molar-refractivity contribution in [1.29, 1.82) is 0 Å². The zero-order valence-corrected chi connectivity index (χ0v) is 15.8. The number of hydrogen-bond donors (Lipinski definition) is 1. The maximum atomic E-state index is 13.2. The predicted octanol–water partition coefficient (Wildman–Crippen LogP) is 3.07. The minimum atomic E-state index is -3.32. The van der Waals surface area contributed by atoms with E-state index in [0.29, 0.717) is 29.8 Å². The number of carbonyl (C=O) groups is 1. The first-order valence-electron chi connectivity index (χ1n) is 9.03. The van der Waals surface area contributed by atoms with E-state index in [1.54, 1.807) is 40.7 Å². The first-order chi connectivity index (χ1) is 12.9. The molecule has 1 aliphatic heterocycles. The second-order valence-corrected chi connectivity index (χ2v) is 8.69. The number of piperidine rings is 1. The van der Waals surface area contributed by atoms with E-state index in [-0.39, 0.29) is 24.0 Å². The summed E-state index contributed by atoms with van der Waals surface area (Å²) in [5, 5.41) is 2.73. The Bertz CT molecular complexity index is 892. The Morgan fingerprint density at radius 3 is 2.37 bits per heavy atom. The van der Waals surface area contributed by atoms with Crippen LogP contribution < -0.4 is 5.32 Å². The molecule has 27 heavy (non-hydrogen) atoms. The lowest BCUT2D eigenvalue weighted by atomic mass is 10.1. The molecule has 1 fully saturated rings. The number of rotatable bonds is 6. The van der Waals surface area contributed by atoms with Crippen LogP contribution in [0, 0.1) is 5.82 Å². The molecule has 5 nitrogen and oxygen atoms in total. The first kappa shape index (κ1) is 19.5. The van der Waals surface area contributed by atoms with Crippen LogP contribution in [0.2, 0.25) is 0 Å². The van der Waals surface area contributed by atoms with E-state index in [2.05, 4.69) is 5.32 Å². The summed E-state index contributed by atoms with van der Waals surface area (Å²) in [4.78, 5) is 12.2. The summed E-state index contributed by atoms with van der Waals surface area (Å²) >= 11 is 0. The normalized spacial score (nSPS) is 15.4. The van der Waals surface area contributed by atoms with E-state index in [9.17, 15) is 17.6 Å². The molecular weight excluding hydrogens is 367 g/mol. The second-order valence-electron chi connectivity index (χ2n) is 6.73. The highest BCUT2D eigenvalue weighted by Gasteiger charge is 2.24. The summed E-state index contributed by atoms with van der Waals surface area (Å²) < 4.78 is 39.7. The van der Waals surface area contributed by atoms with Crippen LogP contribution in [0.5, 0.6) is 0 Å². The lowest BCUT2D eigenvalue weighted by molar-refractivity contribution is 0.0951. The average molecular weight is 390 g/mol. The van der Waals surface area contributed by atoms with Crippen molar-refractivity contribution >= 4 is 15.9 Å². The van der Waals surface area contributed by atoms with E-state index >= 15 is 0 Å². The Labute approximate surface area is 159 Å². The fourth-order valence-electron chi connectivity index (χ4n) is 3.13. The van der Waals surface area contributed by atoms with E-state index in [4.69, 9.17) is 0 Å². The molecule has 0 aromatic heterocycles. The third kappa shape index (κ3) is 5.37. The van der Waals surface area contributed by atoms with Crippen molar-refractivity contribution in [2.45, 2.75) is 31.6 Å². The fourth-order valence-corrected chi connectivity index (χ4v) is 4.74. The van der Waals surface area contributed by atoms with Crippen molar-refractivity contribution in [2.24, 2.45) is 0 Å².